The van der Waals surface area contributed by atoms with E-state index in [9.17, 15) is 9.18 Å². The molecular formula is C26H29FN2O3S. The zero-order valence-electron chi connectivity index (χ0n) is 18.7. The molecule has 1 N–H and O–H groups in total. The minimum absolute atomic E-state index is 0.227. The summed E-state index contributed by atoms with van der Waals surface area (Å²) in [7, 11) is 0. The van der Waals surface area contributed by atoms with Gasteiger partial charge in [0.05, 0.1) is 6.61 Å². The van der Waals surface area contributed by atoms with E-state index in [4.69, 9.17) is 14.9 Å². The maximum atomic E-state index is 14.1. The van der Waals surface area contributed by atoms with Gasteiger partial charge in [0.25, 0.3) is 0 Å². The van der Waals surface area contributed by atoms with Gasteiger partial charge < -0.3 is 9.84 Å². The SMILES string of the molecule is CSc1c(-c2cccc(F)c2)c(-c2ccccc2)nn1C[C@H]1CC[C@H](COCC(=O)O)CC1. The van der Waals surface area contributed by atoms with Gasteiger partial charge in [0, 0.05) is 17.7 Å². The predicted molar refractivity (Wildman–Crippen MR) is 129 cm³/mol. The number of ether oxygens (including phenoxy) is 1. The van der Waals surface area contributed by atoms with E-state index < -0.39 is 5.97 Å². The highest BCUT2D eigenvalue weighted by Gasteiger charge is 2.26. The van der Waals surface area contributed by atoms with Crippen LogP contribution in [0.2, 0.25) is 0 Å². The van der Waals surface area contributed by atoms with Crippen molar-refractivity contribution in [2.75, 3.05) is 19.5 Å². The third-order valence-electron chi connectivity index (χ3n) is 6.24. The summed E-state index contributed by atoms with van der Waals surface area (Å²) in [5.41, 5.74) is 3.71. The van der Waals surface area contributed by atoms with E-state index in [1.807, 2.05) is 42.7 Å². The molecule has 33 heavy (non-hydrogen) atoms. The Morgan fingerprint density at radius 1 is 1.09 bits per heavy atom. The second-order valence-corrected chi connectivity index (χ2v) is 9.38. The molecule has 2 aromatic carbocycles. The second-order valence-electron chi connectivity index (χ2n) is 8.59. The van der Waals surface area contributed by atoms with Crippen LogP contribution in [0.15, 0.2) is 59.6 Å². The maximum absolute atomic E-state index is 14.1. The standard InChI is InChI=1S/C26H29FN2O3S/c1-33-26-24(21-8-5-9-22(27)14-21)25(20-6-3-2-4-7-20)28-29(26)15-18-10-12-19(13-11-18)16-32-17-23(30)31/h2-9,14,18-19H,10-13,15-17H2,1H3,(H,30,31)/t18-,19-. The number of rotatable bonds is 9. The van der Waals surface area contributed by atoms with Crippen molar-refractivity contribution in [1.82, 2.24) is 9.78 Å². The van der Waals surface area contributed by atoms with Crippen LogP contribution in [0.5, 0.6) is 0 Å². The van der Waals surface area contributed by atoms with E-state index in [0.29, 0.717) is 18.4 Å². The number of carbonyl (C=O) groups is 1. The van der Waals surface area contributed by atoms with E-state index >= 15 is 0 Å². The van der Waals surface area contributed by atoms with Crippen LogP contribution < -0.4 is 0 Å². The van der Waals surface area contributed by atoms with Crippen molar-refractivity contribution in [3.05, 3.63) is 60.4 Å². The Kier molecular flexibility index (Phi) is 7.83. The van der Waals surface area contributed by atoms with Crippen LogP contribution in [0.4, 0.5) is 4.39 Å². The number of hydrogen-bond donors (Lipinski definition) is 1. The van der Waals surface area contributed by atoms with Crippen LogP contribution in [0, 0.1) is 17.7 Å². The molecule has 0 atom stereocenters. The van der Waals surface area contributed by atoms with Gasteiger partial charge in [0.1, 0.15) is 23.1 Å². The van der Waals surface area contributed by atoms with E-state index in [2.05, 4.69) is 4.68 Å². The quantitative estimate of drug-likeness (QED) is 0.391. The number of hydrogen-bond acceptors (Lipinski definition) is 4. The number of thioether (sulfide) groups is 1. The largest absolute Gasteiger partial charge is 0.480 e. The van der Waals surface area contributed by atoms with Gasteiger partial charge in [-0.2, -0.15) is 5.10 Å². The predicted octanol–water partition coefficient (Wildman–Crippen LogP) is 5.99. The van der Waals surface area contributed by atoms with Crippen LogP contribution >= 0.6 is 11.8 Å². The maximum Gasteiger partial charge on any atom is 0.329 e. The van der Waals surface area contributed by atoms with E-state index in [1.165, 1.54) is 6.07 Å². The van der Waals surface area contributed by atoms with Gasteiger partial charge in [0.15, 0.2) is 0 Å². The molecule has 3 aromatic rings. The summed E-state index contributed by atoms with van der Waals surface area (Å²) in [5, 5.41) is 14.8. The monoisotopic (exact) mass is 468 g/mol. The molecule has 174 valence electrons. The number of benzene rings is 2. The Morgan fingerprint density at radius 3 is 2.45 bits per heavy atom. The first kappa shape index (κ1) is 23.5. The van der Waals surface area contributed by atoms with Crippen molar-refractivity contribution in [2.45, 2.75) is 37.3 Å². The molecule has 0 unspecified atom stereocenters. The van der Waals surface area contributed by atoms with Gasteiger partial charge in [-0.25, -0.2) is 9.18 Å². The van der Waals surface area contributed by atoms with Crippen molar-refractivity contribution >= 4 is 17.7 Å². The summed E-state index contributed by atoms with van der Waals surface area (Å²) >= 11 is 1.64. The zero-order valence-corrected chi connectivity index (χ0v) is 19.6. The van der Waals surface area contributed by atoms with Gasteiger partial charge in [0.2, 0.25) is 0 Å². The molecule has 0 spiro atoms. The lowest BCUT2D eigenvalue weighted by Crippen LogP contribution is -2.23. The summed E-state index contributed by atoms with van der Waals surface area (Å²) in [4.78, 5) is 10.7. The van der Waals surface area contributed by atoms with E-state index in [0.717, 1.165) is 59.6 Å². The minimum atomic E-state index is -0.921. The lowest BCUT2D eigenvalue weighted by molar-refractivity contribution is -0.142. The fraction of sp³-hybridized carbons (Fsp3) is 0.385. The first-order valence-corrected chi connectivity index (χ1v) is 12.5. The molecule has 1 saturated carbocycles. The summed E-state index contributed by atoms with van der Waals surface area (Å²) in [6, 6.07) is 16.8. The third-order valence-corrected chi connectivity index (χ3v) is 7.04. The first-order chi connectivity index (χ1) is 16.0. The number of carboxylic acids is 1. The average Bonchev–Trinajstić information content (AvgIpc) is 3.18. The van der Waals surface area contributed by atoms with Crippen molar-refractivity contribution < 1.29 is 19.0 Å². The summed E-state index contributed by atoms with van der Waals surface area (Å²) < 4.78 is 21.5. The number of aliphatic carboxylic acids is 1. The lowest BCUT2D eigenvalue weighted by atomic mass is 9.82. The summed E-state index contributed by atoms with van der Waals surface area (Å²) in [6.45, 7) is 1.10. The normalized spacial score (nSPS) is 18.4. The smallest absolute Gasteiger partial charge is 0.329 e. The Morgan fingerprint density at radius 2 is 1.79 bits per heavy atom. The number of nitrogens with zero attached hydrogens (tertiary/aromatic N) is 2. The molecule has 7 heteroatoms. The van der Waals surface area contributed by atoms with Gasteiger partial charge >= 0.3 is 5.97 Å². The van der Waals surface area contributed by atoms with Gasteiger partial charge in [-0.05, 0) is 61.5 Å². The zero-order chi connectivity index (χ0) is 23.2. The van der Waals surface area contributed by atoms with Crippen LogP contribution in [0.25, 0.3) is 22.4 Å². The first-order valence-electron chi connectivity index (χ1n) is 11.3. The van der Waals surface area contributed by atoms with Crippen molar-refractivity contribution in [1.29, 1.82) is 0 Å². The van der Waals surface area contributed by atoms with Crippen LogP contribution in [-0.2, 0) is 16.1 Å². The Labute approximate surface area is 198 Å². The fourth-order valence-electron chi connectivity index (χ4n) is 4.62. The summed E-state index contributed by atoms with van der Waals surface area (Å²) in [5.74, 6) is -0.262. The Bertz CT molecular complexity index is 1080. The topological polar surface area (TPSA) is 64.4 Å². The van der Waals surface area contributed by atoms with Crippen molar-refractivity contribution in [2.24, 2.45) is 11.8 Å². The van der Waals surface area contributed by atoms with Crippen molar-refractivity contribution in [3.63, 3.8) is 0 Å². The molecule has 1 aliphatic carbocycles. The highest BCUT2D eigenvalue weighted by atomic mass is 32.2. The highest BCUT2D eigenvalue weighted by molar-refractivity contribution is 7.98. The molecule has 1 aromatic heterocycles. The highest BCUT2D eigenvalue weighted by Crippen LogP contribution is 2.40. The molecule has 5 nitrogen and oxygen atoms in total. The van der Waals surface area contributed by atoms with Crippen LogP contribution in [0.3, 0.4) is 0 Å². The molecule has 0 bridgehead atoms. The molecule has 0 aliphatic heterocycles. The van der Waals surface area contributed by atoms with Gasteiger partial charge in [-0.15, -0.1) is 11.8 Å². The summed E-state index contributed by atoms with van der Waals surface area (Å²) in [6.07, 6.45) is 6.22. The van der Waals surface area contributed by atoms with Gasteiger partial charge in [-0.1, -0.05) is 42.5 Å². The molecule has 0 radical (unpaired) electrons. The number of aromatic nitrogens is 2. The molecular weight excluding hydrogens is 439 g/mol. The lowest BCUT2D eigenvalue weighted by Gasteiger charge is -2.28. The molecule has 0 amide bonds. The third kappa shape index (κ3) is 5.84. The Balaban J connectivity index is 1.56. The van der Waals surface area contributed by atoms with Gasteiger partial charge in [-0.3, -0.25) is 4.68 Å². The molecule has 1 heterocycles. The fourth-order valence-corrected chi connectivity index (χ4v) is 5.36. The molecule has 0 saturated heterocycles. The van der Waals surface area contributed by atoms with Crippen LogP contribution in [0.1, 0.15) is 25.7 Å². The Hall–Kier alpha value is -2.64. The number of halogens is 1. The van der Waals surface area contributed by atoms with Crippen LogP contribution in [-0.4, -0.2) is 40.3 Å². The van der Waals surface area contributed by atoms with E-state index in [1.54, 1.807) is 23.9 Å². The molecule has 4 rings (SSSR count). The second kappa shape index (κ2) is 11.0. The number of carboxylic acid groups (broad SMARTS) is 1. The minimum Gasteiger partial charge on any atom is -0.480 e. The molecule has 1 aliphatic rings. The van der Waals surface area contributed by atoms with E-state index in [-0.39, 0.29) is 12.4 Å². The van der Waals surface area contributed by atoms with Crippen molar-refractivity contribution in [3.8, 4) is 22.4 Å². The molecule has 1 fully saturated rings. The average molecular weight is 469 g/mol.